The predicted octanol–water partition coefficient (Wildman–Crippen LogP) is 2.65. The molecule has 4 rings (SSSR count). The number of hydrogen-bond donors (Lipinski definition) is 2. The van der Waals surface area contributed by atoms with Gasteiger partial charge in [0.25, 0.3) is 0 Å². The molecule has 1 spiro atoms. The largest absolute Gasteiger partial charge is 0.375 e. The SMILES string of the molecule is NS(=O)(=O)c1ccc2c(c1)C(NCC1CCOC3(CCC3)C1)CCC2. The van der Waals surface area contributed by atoms with E-state index in [1.807, 2.05) is 6.07 Å². The zero-order valence-corrected chi connectivity index (χ0v) is 15.5. The molecule has 25 heavy (non-hydrogen) atoms. The van der Waals surface area contributed by atoms with Gasteiger partial charge in [-0.1, -0.05) is 6.07 Å². The maximum Gasteiger partial charge on any atom is 0.238 e. The Bertz CT molecular complexity index is 743. The van der Waals surface area contributed by atoms with E-state index < -0.39 is 10.0 Å². The monoisotopic (exact) mass is 364 g/mol. The molecule has 1 aromatic rings. The van der Waals surface area contributed by atoms with Gasteiger partial charge in [0.2, 0.25) is 10.0 Å². The molecule has 0 bridgehead atoms. The van der Waals surface area contributed by atoms with E-state index in [1.54, 1.807) is 12.1 Å². The van der Waals surface area contributed by atoms with Gasteiger partial charge in [0.05, 0.1) is 10.5 Å². The van der Waals surface area contributed by atoms with Crippen LogP contribution in [-0.4, -0.2) is 27.2 Å². The van der Waals surface area contributed by atoms with Gasteiger partial charge in [-0.2, -0.15) is 0 Å². The maximum absolute atomic E-state index is 11.7. The number of rotatable bonds is 4. The number of hydrogen-bond acceptors (Lipinski definition) is 4. The van der Waals surface area contributed by atoms with Gasteiger partial charge in [-0.15, -0.1) is 0 Å². The maximum atomic E-state index is 11.7. The average Bonchev–Trinajstić information content (AvgIpc) is 2.57. The van der Waals surface area contributed by atoms with Gasteiger partial charge in [0.15, 0.2) is 0 Å². The molecule has 0 amide bonds. The molecule has 3 N–H and O–H groups in total. The summed E-state index contributed by atoms with van der Waals surface area (Å²) in [5, 5.41) is 9.04. The van der Waals surface area contributed by atoms with E-state index in [2.05, 4.69) is 5.32 Å². The van der Waals surface area contributed by atoms with Gasteiger partial charge >= 0.3 is 0 Å². The minimum Gasteiger partial charge on any atom is -0.375 e. The number of ether oxygens (including phenoxy) is 1. The van der Waals surface area contributed by atoms with Gasteiger partial charge < -0.3 is 10.1 Å². The molecular formula is C19H28N2O3S. The molecule has 1 aromatic carbocycles. The Morgan fingerprint density at radius 2 is 2.08 bits per heavy atom. The van der Waals surface area contributed by atoms with Crippen molar-refractivity contribution in [3.8, 4) is 0 Å². The first kappa shape index (κ1) is 17.5. The lowest BCUT2D eigenvalue weighted by atomic mass is 9.72. The van der Waals surface area contributed by atoms with E-state index in [4.69, 9.17) is 9.88 Å². The Morgan fingerprint density at radius 3 is 2.80 bits per heavy atom. The normalized spacial score (nSPS) is 28.4. The Kier molecular flexibility index (Phi) is 4.65. The van der Waals surface area contributed by atoms with Gasteiger partial charge in [-0.25, -0.2) is 13.6 Å². The number of aryl methyl sites for hydroxylation is 1. The van der Waals surface area contributed by atoms with Gasteiger partial charge in [-0.05, 0) is 87.1 Å². The van der Waals surface area contributed by atoms with Crippen LogP contribution in [0.4, 0.5) is 0 Å². The Morgan fingerprint density at radius 1 is 1.24 bits per heavy atom. The van der Waals surface area contributed by atoms with Crippen LogP contribution in [0.3, 0.4) is 0 Å². The van der Waals surface area contributed by atoms with Crippen LogP contribution in [0.15, 0.2) is 23.1 Å². The molecule has 2 aliphatic carbocycles. The zero-order valence-electron chi connectivity index (χ0n) is 14.7. The van der Waals surface area contributed by atoms with Crippen LogP contribution in [0.5, 0.6) is 0 Å². The molecule has 2 fully saturated rings. The summed E-state index contributed by atoms with van der Waals surface area (Å²) in [6.45, 7) is 1.86. The third-order valence-corrected chi connectivity index (χ3v) is 7.18. The molecule has 5 nitrogen and oxygen atoms in total. The van der Waals surface area contributed by atoms with E-state index in [1.165, 1.54) is 24.8 Å². The third-order valence-electron chi connectivity index (χ3n) is 6.27. The number of nitrogens with two attached hydrogens (primary N) is 1. The minimum atomic E-state index is -3.65. The van der Waals surface area contributed by atoms with Crippen molar-refractivity contribution in [3.63, 3.8) is 0 Å². The number of sulfonamides is 1. The molecule has 1 saturated carbocycles. The summed E-state index contributed by atoms with van der Waals surface area (Å²) in [4.78, 5) is 0.222. The Labute approximate surface area is 150 Å². The summed E-state index contributed by atoms with van der Waals surface area (Å²) < 4.78 is 29.4. The highest BCUT2D eigenvalue weighted by Crippen LogP contribution is 2.44. The van der Waals surface area contributed by atoms with Crippen molar-refractivity contribution in [1.29, 1.82) is 0 Å². The molecule has 6 heteroatoms. The number of benzene rings is 1. The van der Waals surface area contributed by atoms with E-state index in [0.29, 0.717) is 5.92 Å². The molecule has 0 aromatic heterocycles. The minimum absolute atomic E-state index is 0.176. The van der Waals surface area contributed by atoms with Crippen molar-refractivity contribution >= 4 is 10.0 Å². The van der Waals surface area contributed by atoms with Crippen molar-refractivity contribution in [3.05, 3.63) is 29.3 Å². The second-order valence-corrected chi connectivity index (χ2v) is 9.56. The average molecular weight is 365 g/mol. The van der Waals surface area contributed by atoms with Gasteiger partial charge in [0.1, 0.15) is 0 Å². The molecule has 2 atom stereocenters. The molecule has 1 saturated heterocycles. The summed E-state index contributed by atoms with van der Waals surface area (Å²) in [5.41, 5.74) is 2.54. The Hall–Kier alpha value is -0.950. The highest BCUT2D eigenvalue weighted by atomic mass is 32.2. The smallest absolute Gasteiger partial charge is 0.238 e. The van der Waals surface area contributed by atoms with E-state index >= 15 is 0 Å². The lowest BCUT2D eigenvalue weighted by Crippen LogP contribution is -2.47. The number of fused-ring (bicyclic) bond motifs is 1. The molecule has 1 aliphatic heterocycles. The number of nitrogens with one attached hydrogen (secondary N) is 1. The molecule has 1 heterocycles. The lowest BCUT2D eigenvalue weighted by Gasteiger charge is -2.47. The van der Waals surface area contributed by atoms with Crippen LogP contribution in [0.2, 0.25) is 0 Å². The third kappa shape index (κ3) is 3.63. The predicted molar refractivity (Wildman–Crippen MR) is 96.8 cm³/mol. The molecule has 2 unspecified atom stereocenters. The fourth-order valence-electron chi connectivity index (χ4n) is 4.70. The van der Waals surface area contributed by atoms with E-state index in [0.717, 1.165) is 50.8 Å². The van der Waals surface area contributed by atoms with E-state index in [-0.39, 0.29) is 16.5 Å². The van der Waals surface area contributed by atoms with Crippen LogP contribution in [-0.2, 0) is 21.2 Å². The van der Waals surface area contributed by atoms with Crippen molar-refractivity contribution in [1.82, 2.24) is 5.32 Å². The zero-order chi connectivity index (χ0) is 17.5. The van der Waals surface area contributed by atoms with Gasteiger partial charge in [-0.3, -0.25) is 0 Å². The van der Waals surface area contributed by atoms with Crippen molar-refractivity contribution in [2.75, 3.05) is 13.2 Å². The lowest BCUT2D eigenvalue weighted by molar-refractivity contribution is -0.143. The van der Waals surface area contributed by atoms with E-state index in [9.17, 15) is 8.42 Å². The quantitative estimate of drug-likeness (QED) is 0.860. The summed E-state index contributed by atoms with van der Waals surface area (Å²) >= 11 is 0. The van der Waals surface area contributed by atoms with Crippen molar-refractivity contribution in [2.45, 2.75) is 67.9 Å². The fraction of sp³-hybridized carbons (Fsp3) is 0.684. The molecule has 3 aliphatic rings. The standard InChI is InChI=1S/C19H28N2O3S/c20-25(22,23)16-6-5-15-3-1-4-18(17(15)11-16)21-13-14-7-10-24-19(12-14)8-2-9-19/h5-6,11,14,18,21H,1-4,7-10,12-13H2,(H2,20,22,23). The molecular weight excluding hydrogens is 336 g/mol. The summed E-state index contributed by atoms with van der Waals surface area (Å²) in [5.74, 6) is 0.654. The topological polar surface area (TPSA) is 81.4 Å². The fourth-order valence-corrected chi connectivity index (χ4v) is 5.25. The number of primary sulfonamides is 1. The van der Waals surface area contributed by atoms with Crippen molar-refractivity contribution in [2.24, 2.45) is 11.1 Å². The van der Waals surface area contributed by atoms with Crippen LogP contribution >= 0.6 is 0 Å². The van der Waals surface area contributed by atoms with Gasteiger partial charge in [0, 0.05) is 12.6 Å². The van der Waals surface area contributed by atoms with Crippen LogP contribution in [0.25, 0.3) is 0 Å². The highest BCUT2D eigenvalue weighted by molar-refractivity contribution is 7.89. The second kappa shape index (κ2) is 6.65. The first-order valence-electron chi connectivity index (χ1n) is 9.48. The molecule has 138 valence electrons. The first-order chi connectivity index (χ1) is 12.0. The van der Waals surface area contributed by atoms with Crippen molar-refractivity contribution < 1.29 is 13.2 Å². The second-order valence-electron chi connectivity index (χ2n) is 8.00. The van der Waals surface area contributed by atoms with Crippen LogP contribution < -0.4 is 10.5 Å². The van der Waals surface area contributed by atoms with Crippen LogP contribution in [0.1, 0.15) is 62.1 Å². The molecule has 0 radical (unpaired) electrons. The summed E-state index contributed by atoms with van der Waals surface area (Å²) in [6.07, 6.45) is 9.21. The van der Waals surface area contributed by atoms with Crippen LogP contribution in [0, 0.1) is 5.92 Å². The summed E-state index contributed by atoms with van der Waals surface area (Å²) in [7, 11) is -3.65. The highest BCUT2D eigenvalue weighted by Gasteiger charge is 2.42. The summed E-state index contributed by atoms with van der Waals surface area (Å²) in [6, 6.07) is 5.57. The Balaban J connectivity index is 1.45. The first-order valence-corrected chi connectivity index (χ1v) is 11.0.